The molecule has 3 heterocycles. The molecule has 1 aromatic carbocycles. The molecule has 0 aliphatic carbocycles. The number of fused-ring (bicyclic) bond motifs is 1. The second-order valence-electron chi connectivity index (χ2n) is 8.28. The fourth-order valence-electron chi connectivity index (χ4n) is 4.57. The highest BCUT2D eigenvalue weighted by atomic mass is 16.5. The number of nitrogens with zero attached hydrogens (tertiary/aromatic N) is 2. The highest BCUT2D eigenvalue weighted by Gasteiger charge is 2.37. The van der Waals surface area contributed by atoms with Crippen molar-refractivity contribution >= 4 is 17.5 Å². The van der Waals surface area contributed by atoms with Crippen LogP contribution in [0.25, 0.3) is 0 Å². The Labute approximate surface area is 166 Å². The van der Waals surface area contributed by atoms with Crippen molar-refractivity contribution < 1.29 is 19.1 Å². The molecule has 0 unspecified atom stereocenters. The molecular formula is C22H30N2O4. The van der Waals surface area contributed by atoms with Gasteiger partial charge in [0.25, 0.3) is 5.91 Å². The lowest BCUT2D eigenvalue weighted by molar-refractivity contribution is -0.142. The molecule has 3 aliphatic heterocycles. The quantitative estimate of drug-likeness (QED) is 0.798. The maximum Gasteiger partial charge on any atom is 0.265 e. The van der Waals surface area contributed by atoms with Gasteiger partial charge in [-0.2, -0.15) is 0 Å². The van der Waals surface area contributed by atoms with Crippen molar-refractivity contribution in [2.75, 3.05) is 37.7 Å². The molecule has 4 rings (SSSR count). The van der Waals surface area contributed by atoms with Crippen LogP contribution in [-0.2, 0) is 14.3 Å². The van der Waals surface area contributed by atoms with Crippen LogP contribution in [0.15, 0.2) is 18.2 Å². The minimum Gasteiger partial charge on any atom is -0.482 e. The summed E-state index contributed by atoms with van der Waals surface area (Å²) in [6.07, 6.45) is 6.57. The first-order chi connectivity index (χ1) is 13.6. The highest BCUT2D eigenvalue weighted by Crippen LogP contribution is 2.35. The third kappa shape index (κ3) is 4.02. The fourth-order valence-corrected chi connectivity index (χ4v) is 4.57. The van der Waals surface area contributed by atoms with E-state index in [1.807, 2.05) is 30.0 Å². The maximum absolute atomic E-state index is 12.6. The molecule has 1 spiro atoms. The molecule has 0 bridgehead atoms. The number of likely N-dealkylation sites (tertiary alicyclic amines) is 1. The van der Waals surface area contributed by atoms with E-state index in [9.17, 15) is 9.59 Å². The summed E-state index contributed by atoms with van der Waals surface area (Å²) >= 11 is 0. The number of rotatable bonds is 4. The molecule has 2 saturated heterocycles. The van der Waals surface area contributed by atoms with Gasteiger partial charge in [-0.1, -0.05) is 6.07 Å². The predicted octanol–water partition coefficient (Wildman–Crippen LogP) is 3.06. The first-order valence-corrected chi connectivity index (χ1v) is 10.5. The van der Waals surface area contributed by atoms with Crippen molar-refractivity contribution in [1.29, 1.82) is 0 Å². The van der Waals surface area contributed by atoms with Crippen LogP contribution in [0.5, 0.6) is 5.75 Å². The molecule has 2 amide bonds. The van der Waals surface area contributed by atoms with Crippen LogP contribution in [0.3, 0.4) is 0 Å². The van der Waals surface area contributed by atoms with Crippen LogP contribution in [0.2, 0.25) is 0 Å². The van der Waals surface area contributed by atoms with Crippen molar-refractivity contribution in [3.63, 3.8) is 0 Å². The van der Waals surface area contributed by atoms with E-state index in [0.717, 1.165) is 62.4 Å². The van der Waals surface area contributed by atoms with Crippen molar-refractivity contribution in [2.45, 2.75) is 57.5 Å². The molecule has 0 aromatic heterocycles. The molecule has 0 atom stereocenters. The van der Waals surface area contributed by atoms with Crippen molar-refractivity contribution in [3.05, 3.63) is 23.8 Å². The summed E-state index contributed by atoms with van der Waals surface area (Å²) in [4.78, 5) is 28.7. The van der Waals surface area contributed by atoms with Gasteiger partial charge in [0.1, 0.15) is 5.75 Å². The number of hydrogen-bond acceptors (Lipinski definition) is 4. The Hall–Kier alpha value is -2.08. The standard InChI is InChI=1S/C22H30N2O4/c1-17-6-7-19-18(15-17)24(21(26)16-27-19)11-4-5-20(25)23-12-9-22(10-13-23)8-2-3-14-28-22/h6-7,15H,2-5,8-14,16H2,1H3. The van der Waals surface area contributed by atoms with E-state index in [-0.39, 0.29) is 24.0 Å². The average Bonchev–Trinajstić information content (AvgIpc) is 2.71. The Balaban J connectivity index is 1.28. The van der Waals surface area contributed by atoms with E-state index in [1.54, 1.807) is 4.90 Å². The van der Waals surface area contributed by atoms with E-state index in [1.165, 1.54) is 6.42 Å². The Kier molecular flexibility index (Phi) is 5.58. The topological polar surface area (TPSA) is 59.1 Å². The molecule has 6 heteroatoms. The van der Waals surface area contributed by atoms with Crippen molar-refractivity contribution in [3.8, 4) is 5.75 Å². The number of hydrogen-bond donors (Lipinski definition) is 0. The maximum atomic E-state index is 12.6. The first kappa shape index (κ1) is 19.2. The summed E-state index contributed by atoms with van der Waals surface area (Å²) in [5.41, 5.74) is 1.93. The summed E-state index contributed by atoms with van der Waals surface area (Å²) in [6, 6.07) is 5.87. The van der Waals surface area contributed by atoms with E-state index in [0.29, 0.717) is 19.4 Å². The molecule has 28 heavy (non-hydrogen) atoms. The van der Waals surface area contributed by atoms with Crippen LogP contribution in [-0.4, -0.2) is 55.2 Å². The summed E-state index contributed by atoms with van der Waals surface area (Å²) in [7, 11) is 0. The second kappa shape index (κ2) is 8.11. The van der Waals surface area contributed by atoms with Crippen LogP contribution >= 0.6 is 0 Å². The summed E-state index contributed by atoms with van der Waals surface area (Å²) in [6.45, 7) is 5.06. The van der Waals surface area contributed by atoms with E-state index < -0.39 is 0 Å². The number of anilines is 1. The summed E-state index contributed by atoms with van der Waals surface area (Å²) in [5.74, 6) is 0.890. The number of ether oxygens (including phenoxy) is 2. The zero-order chi connectivity index (χ0) is 19.6. The van der Waals surface area contributed by atoms with Crippen LogP contribution in [0.4, 0.5) is 5.69 Å². The van der Waals surface area contributed by atoms with Gasteiger partial charge in [-0.05, 0) is 63.1 Å². The predicted molar refractivity (Wildman–Crippen MR) is 107 cm³/mol. The Morgan fingerprint density at radius 3 is 2.75 bits per heavy atom. The molecule has 1 aromatic rings. The number of carbonyl (C=O) groups is 2. The van der Waals surface area contributed by atoms with Gasteiger partial charge in [0.05, 0.1) is 11.3 Å². The Morgan fingerprint density at radius 2 is 2.00 bits per heavy atom. The molecule has 2 fully saturated rings. The molecular weight excluding hydrogens is 356 g/mol. The van der Waals surface area contributed by atoms with Gasteiger partial charge in [-0.15, -0.1) is 0 Å². The highest BCUT2D eigenvalue weighted by molar-refractivity contribution is 5.98. The Bertz CT molecular complexity index is 732. The second-order valence-corrected chi connectivity index (χ2v) is 8.28. The van der Waals surface area contributed by atoms with E-state index in [2.05, 4.69) is 0 Å². The normalized spacial score (nSPS) is 21.4. The van der Waals surface area contributed by atoms with E-state index >= 15 is 0 Å². The average molecular weight is 386 g/mol. The lowest BCUT2D eigenvalue weighted by Crippen LogP contribution is -2.49. The number of amides is 2. The SMILES string of the molecule is Cc1ccc2c(c1)N(CCCC(=O)N1CCC3(CCCCO3)CC1)C(=O)CO2. The van der Waals surface area contributed by atoms with Crippen LogP contribution in [0.1, 0.15) is 50.5 Å². The third-order valence-corrected chi connectivity index (χ3v) is 6.29. The zero-order valence-electron chi connectivity index (χ0n) is 16.7. The Morgan fingerprint density at radius 1 is 1.18 bits per heavy atom. The molecule has 0 saturated carbocycles. The molecule has 0 radical (unpaired) electrons. The van der Waals surface area contributed by atoms with E-state index in [4.69, 9.17) is 9.47 Å². The largest absolute Gasteiger partial charge is 0.482 e. The monoisotopic (exact) mass is 386 g/mol. The summed E-state index contributed by atoms with van der Waals surface area (Å²) < 4.78 is 11.6. The van der Waals surface area contributed by atoms with Gasteiger partial charge < -0.3 is 19.3 Å². The number of benzene rings is 1. The lowest BCUT2D eigenvalue weighted by Gasteiger charge is -2.44. The van der Waals surface area contributed by atoms with Gasteiger partial charge >= 0.3 is 0 Å². The van der Waals surface area contributed by atoms with Gasteiger partial charge in [0.15, 0.2) is 6.61 Å². The van der Waals surface area contributed by atoms with Gasteiger partial charge in [0.2, 0.25) is 5.91 Å². The third-order valence-electron chi connectivity index (χ3n) is 6.29. The van der Waals surface area contributed by atoms with Crippen LogP contribution < -0.4 is 9.64 Å². The molecule has 3 aliphatic rings. The van der Waals surface area contributed by atoms with Gasteiger partial charge in [0, 0.05) is 32.7 Å². The first-order valence-electron chi connectivity index (χ1n) is 10.5. The molecule has 152 valence electrons. The number of piperidine rings is 1. The fraction of sp³-hybridized carbons (Fsp3) is 0.636. The van der Waals surface area contributed by atoms with Crippen molar-refractivity contribution in [2.24, 2.45) is 0 Å². The van der Waals surface area contributed by atoms with Crippen molar-refractivity contribution in [1.82, 2.24) is 4.90 Å². The number of carbonyl (C=O) groups excluding carboxylic acids is 2. The zero-order valence-corrected chi connectivity index (χ0v) is 16.7. The number of aryl methyl sites for hydroxylation is 1. The van der Waals surface area contributed by atoms with Gasteiger partial charge in [-0.3, -0.25) is 9.59 Å². The van der Waals surface area contributed by atoms with Gasteiger partial charge in [-0.25, -0.2) is 0 Å². The molecule has 6 nitrogen and oxygen atoms in total. The minimum absolute atomic E-state index is 0.0246. The molecule has 0 N–H and O–H groups in total. The smallest absolute Gasteiger partial charge is 0.265 e. The van der Waals surface area contributed by atoms with Crippen LogP contribution in [0, 0.1) is 6.92 Å². The minimum atomic E-state index is -0.0417. The summed E-state index contributed by atoms with van der Waals surface area (Å²) in [5, 5.41) is 0. The lowest BCUT2D eigenvalue weighted by atomic mass is 9.84.